The minimum Gasteiger partial charge on any atom is -0.309 e. The molecule has 2 heteroatoms. The highest BCUT2D eigenvalue weighted by atomic mass is 15.0. The van der Waals surface area contributed by atoms with Crippen LogP contribution in [0.25, 0.3) is 77.2 Å². The molecule has 2 heterocycles. The van der Waals surface area contributed by atoms with Crippen molar-refractivity contribution in [3.63, 3.8) is 0 Å². The molecule has 0 unspecified atom stereocenters. The Hall–Kier alpha value is -5.86. The van der Waals surface area contributed by atoms with Gasteiger partial charge in [-0.1, -0.05) is 121 Å². The average molecular weight is 571 g/mol. The summed E-state index contributed by atoms with van der Waals surface area (Å²) in [5.74, 6) is 0. The first-order valence-electron chi connectivity index (χ1n) is 19.3. The average Bonchev–Trinajstić information content (AvgIpc) is 3.75. The summed E-state index contributed by atoms with van der Waals surface area (Å²) in [6, 6.07) is 30.2. The van der Waals surface area contributed by atoms with E-state index in [9.17, 15) is 8.22 Å². The predicted molar refractivity (Wildman–Crippen MR) is 186 cm³/mol. The lowest BCUT2D eigenvalue weighted by Crippen LogP contribution is -1.95. The van der Waals surface area contributed by atoms with E-state index in [1.807, 2.05) is 97.1 Å². The Morgan fingerprint density at radius 3 is 1.23 bits per heavy atom. The molecule has 0 amide bonds. The van der Waals surface area contributed by atoms with E-state index in [2.05, 4.69) is 0 Å². The maximum absolute atomic E-state index is 9.65. The summed E-state index contributed by atoms with van der Waals surface area (Å²) >= 11 is 0. The third-order valence-electron chi connectivity index (χ3n) is 8.18. The summed E-state index contributed by atoms with van der Waals surface area (Å²) < 4.78 is 94.3. The highest BCUT2D eigenvalue weighted by Gasteiger charge is 2.20. The fraction of sp³-hybridized carbons (Fsp3) is 0. The van der Waals surface area contributed by atoms with E-state index in [4.69, 9.17) is 5.48 Å². The zero-order valence-corrected chi connectivity index (χ0v) is 23.3. The van der Waals surface area contributed by atoms with Crippen LogP contribution in [-0.4, -0.2) is 9.13 Å². The lowest BCUT2D eigenvalue weighted by atomic mass is 10.0. The molecule has 2 aromatic heterocycles. The van der Waals surface area contributed by atoms with Gasteiger partial charge < -0.3 is 9.13 Å². The lowest BCUT2D eigenvalue weighted by Gasteiger charge is -2.11. The number of hydrogen-bond acceptors (Lipinski definition) is 0. The first-order chi connectivity index (χ1) is 26.0. The van der Waals surface area contributed by atoms with Crippen LogP contribution in [0.2, 0.25) is 0 Å². The summed E-state index contributed by atoms with van der Waals surface area (Å²) in [4.78, 5) is 0. The molecule has 0 bridgehead atoms. The van der Waals surface area contributed by atoms with Crippen LogP contribution in [0.1, 0.15) is 13.7 Å². The van der Waals surface area contributed by atoms with Gasteiger partial charge in [0.1, 0.15) is 0 Å². The SMILES string of the molecule is [2H]c1c([2H])c([2H])c2c(c1[2H])c1c3c4c([2H])c([2H])c([2H])c([2H])c4n(-c4cccc(-c5ccccc5)c4)c3c([2H])c([2H])c1n2-c1cccc(-c2ccccc2)c1. The van der Waals surface area contributed by atoms with Gasteiger partial charge in [0, 0.05) is 32.9 Å². The van der Waals surface area contributed by atoms with Crippen LogP contribution in [0.15, 0.2) is 170 Å². The highest BCUT2D eigenvalue weighted by Crippen LogP contribution is 2.42. The van der Waals surface area contributed by atoms with Crippen LogP contribution in [0.4, 0.5) is 0 Å². The van der Waals surface area contributed by atoms with Gasteiger partial charge in [-0.2, -0.15) is 0 Å². The minimum atomic E-state index is -0.486. The lowest BCUT2D eigenvalue weighted by molar-refractivity contribution is 1.17. The molecule has 0 saturated carbocycles. The molecular weight excluding hydrogens is 532 g/mol. The van der Waals surface area contributed by atoms with E-state index >= 15 is 0 Å². The van der Waals surface area contributed by atoms with Crippen molar-refractivity contribution < 1.29 is 13.7 Å². The Kier molecular flexibility index (Phi) is 3.74. The second kappa shape index (κ2) is 9.86. The highest BCUT2D eigenvalue weighted by molar-refractivity contribution is 6.28. The van der Waals surface area contributed by atoms with Crippen LogP contribution in [0.3, 0.4) is 0 Å². The Morgan fingerprint density at radius 1 is 0.364 bits per heavy atom. The van der Waals surface area contributed by atoms with E-state index in [0.717, 1.165) is 22.3 Å². The molecule has 0 atom stereocenters. The fourth-order valence-electron chi connectivity index (χ4n) is 6.26. The quantitative estimate of drug-likeness (QED) is 0.199. The van der Waals surface area contributed by atoms with Gasteiger partial charge in [-0.3, -0.25) is 0 Å². The molecule has 0 aliphatic carbocycles. The maximum Gasteiger partial charge on any atom is 0.0646 e. The number of nitrogens with zero attached hydrogens (tertiary/aromatic N) is 2. The molecule has 7 aromatic carbocycles. The van der Waals surface area contributed by atoms with Gasteiger partial charge in [-0.15, -0.1) is 0 Å². The van der Waals surface area contributed by atoms with Crippen LogP contribution >= 0.6 is 0 Å². The summed E-state index contributed by atoms with van der Waals surface area (Å²) in [5.41, 5.74) is 4.90. The fourth-order valence-corrected chi connectivity index (χ4v) is 6.26. The molecule has 0 radical (unpaired) electrons. The first kappa shape index (κ1) is 16.7. The van der Waals surface area contributed by atoms with Crippen molar-refractivity contribution in [3.05, 3.63) is 170 Å². The van der Waals surface area contributed by atoms with Gasteiger partial charge in [0.2, 0.25) is 0 Å². The van der Waals surface area contributed by atoms with E-state index < -0.39 is 24.2 Å². The topological polar surface area (TPSA) is 9.86 Å². The smallest absolute Gasteiger partial charge is 0.0646 e. The second-order valence-electron chi connectivity index (χ2n) is 10.6. The van der Waals surface area contributed by atoms with E-state index in [0.29, 0.717) is 11.4 Å². The molecule has 0 spiro atoms. The molecule has 0 aliphatic rings. The summed E-state index contributed by atoms with van der Waals surface area (Å²) in [7, 11) is 0. The summed E-state index contributed by atoms with van der Waals surface area (Å²) in [6.45, 7) is 0. The number of para-hydroxylation sites is 2. The van der Waals surface area contributed by atoms with Gasteiger partial charge in [0.25, 0.3) is 0 Å². The van der Waals surface area contributed by atoms with Gasteiger partial charge in [0.15, 0.2) is 0 Å². The van der Waals surface area contributed by atoms with Gasteiger partial charge in [-0.05, 0) is 70.7 Å². The standard InChI is InChI=1S/C42H28N2/c1-3-13-29(14-4-1)31-17-11-19-33(27-31)43-37-23-9-7-21-35(37)41-39(43)25-26-40-42(41)36-22-8-10-24-38(36)44(40)34-20-12-18-32(28-34)30-15-5-2-6-16-30/h1-28H/i7D,8D,9D,10D,21D,22D,23D,24D,25D,26D. The Balaban J connectivity index is 1.54. The normalized spacial score (nSPS) is 14.8. The largest absolute Gasteiger partial charge is 0.309 e. The van der Waals surface area contributed by atoms with Crippen molar-refractivity contribution in [2.24, 2.45) is 0 Å². The zero-order chi connectivity index (χ0) is 37.7. The van der Waals surface area contributed by atoms with Crippen molar-refractivity contribution in [2.75, 3.05) is 0 Å². The zero-order valence-electron chi connectivity index (χ0n) is 33.3. The number of aromatic nitrogens is 2. The summed E-state index contributed by atoms with van der Waals surface area (Å²) in [6.07, 6.45) is 0. The Bertz CT molecular complexity index is 2840. The molecule has 44 heavy (non-hydrogen) atoms. The van der Waals surface area contributed by atoms with E-state index in [-0.39, 0.29) is 79.9 Å². The Morgan fingerprint density at radius 2 is 0.773 bits per heavy atom. The number of fused-ring (bicyclic) bond motifs is 7. The summed E-state index contributed by atoms with van der Waals surface area (Å²) in [5, 5.41) is 0.574. The molecular formula is C42H28N2. The van der Waals surface area contributed by atoms with Crippen LogP contribution in [0.5, 0.6) is 0 Å². The first-order valence-corrected chi connectivity index (χ1v) is 14.3. The van der Waals surface area contributed by atoms with Gasteiger partial charge >= 0.3 is 0 Å². The molecule has 0 N–H and O–H groups in total. The third-order valence-corrected chi connectivity index (χ3v) is 8.18. The minimum absolute atomic E-state index is 0.0871. The van der Waals surface area contributed by atoms with Crippen molar-refractivity contribution in [2.45, 2.75) is 0 Å². The molecule has 206 valence electrons. The third kappa shape index (κ3) is 3.75. The molecule has 9 aromatic rings. The van der Waals surface area contributed by atoms with Crippen molar-refractivity contribution in [3.8, 4) is 33.6 Å². The van der Waals surface area contributed by atoms with Gasteiger partial charge in [0.05, 0.1) is 35.8 Å². The predicted octanol–water partition coefficient (Wildman–Crippen LogP) is 11.2. The molecule has 9 rings (SSSR count). The second-order valence-corrected chi connectivity index (χ2v) is 10.6. The van der Waals surface area contributed by atoms with E-state index in [1.54, 1.807) is 21.3 Å². The van der Waals surface area contributed by atoms with Crippen molar-refractivity contribution >= 4 is 43.6 Å². The molecule has 0 fully saturated rings. The molecule has 0 aliphatic heterocycles. The van der Waals surface area contributed by atoms with E-state index in [1.165, 1.54) is 0 Å². The number of hydrogen-bond donors (Lipinski definition) is 0. The van der Waals surface area contributed by atoms with Crippen molar-refractivity contribution in [1.29, 1.82) is 0 Å². The number of benzene rings is 7. The Labute approximate surface area is 269 Å². The van der Waals surface area contributed by atoms with Crippen LogP contribution < -0.4 is 0 Å². The van der Waals surface area contributed by atoms with Crippen LogP contribution in [-0.2, 0) is 0 Å². The van der Waals surface area contributed by atoms with Crippen molar-refractivity contribution in [1.82, 2.24) is 9.13 Å². The molecule has 0 saturated heterocycles. The monoisotopic (exact) mass is 570 g/mol. The van der Waals surface area contributed by atoms with Crippen LogP contribution in [0, 0.1) is 0 Å². The van der Waals surface area contributed by atoms with Gasteiger partial charge in [-0.25, -0.2) is 0 Å². The molecule has 2 nitrogen and oxygen atoms in total. The maximum atomic E-state index is 9.65. The number of rotatable bonds is 4.